The average Bonchev–Trinajstić information content (AvgIpc) is 3.36. The highest BCUT2D eigenvalue weighted by Crippen LogP contribution is 2.47. The second-order valence-electron chi connectivity index (χ2n) is 10.3. The molecule has 6 nitrogen and oxygen atoms in total. The van der Waals surface area contributed by atoms with Crippen LogP contribution in [0.2, 0.25) is 0 Å². The molecule has 1 unspecified atom stereocenters. The Morgan fingerprint density at radius 2 is 2.03 bits per heavy atom. The van der Waals surface area contributed by atoms with Crippen LogP contribution in [0, 0.1) is 0 Å². The molecular formula is C27H33F2N5O. The predicted octanol–water partition coefficient (Wildman–Crippen LogP) is 4.48. The summed E-state index contributed by atoms with van der Waals surface area (Å²) in [6, 6.07) is 10.8. The molecular weight excluding hydrogens is 448 g/mol. The van der Waals surface area contributed by atoms with Gasteiger partial charge in [0.05, 0.1) is 37.6 Å². The summed E-state index contributed by atoms with van der Waals surface area (Å²) in [5, 5.41) is 12.1. The predicted molar refractivity (Wildman–Crippen MR) is 134 cm³/mol. The molecule has 35 heavy (non-hydrogen) atoms. The number of halogens is 2. The van der Waals surface area contributed by atoms with E-state index in [1.807, 2.05) is 6.20 Å². The summed E-state index contributed by atoms with van der Waals surface area (Å²) >= 11 is 0. The summed E-state index contributed by atoms with van der Waals surface area (Å²) in [5.74, 6) is 0.808. The first-order valence-corrected chi connectivity index (χ1v) is 12.7. The van der Waals surface area contributed by atoms with Crippen molar-refractivity contribution >= 4 is 16.6 Å². The van der Waals surface area contributed by atoms with Crippen LogP contribution in [-0.4, -0.2) is 78.2 Å². The van der Waals surface area contributed by atoms with Gasteiger partial charge in [0.2, 0.25) is 0 Å². The van der Waals surface area contributed by atoms with Crippen LogP contribution in [0.15, 0.2) is 36.5 Å². The van der Waals surface area contributed by atoms with E-state index >= 15 is 0 Å². The zero-order valence-corrected chi connectivity index (χ0v) is 20.2. The number of rotatable bonds is 9. The van der Waals surface area contributed by atoms with E-state index in [2.05, 4.69) is 55.6 Å². The number of fused-ring (bicyclic) bond motifs is 3. The molecule has 6 rings (SSSR count). The number of hydrogen-bond donors (Lipinski definition) is 2. The van der Waals surface area contributed by atoms with Crippen molar-refractivity contribution in [2.75, 3.05) is 51.8 Å². The number of alkyl halides is 2. The number of likely N-dealkylation sites (tertiary alicyclic amines) is 1. The number of methoxy groups -OCH3 is 1. The van der Waals surface area contributed by atoms with Crippen LogP contribution in [0.3, 0.4) is 0 Å². The maximum absolute atomic E-state index is 15.0. The molecule has 1 saturated carbocycles. The van der Waals surface area contributed by atoms with Gasteiger partial charge in [0.1, 0.15) is 11.4 Å². The quantitative estimate of drug-likeness (QED) is 0.472. The number of nitrogens with zero attached hydrogens (tertiary/aromatic N) is 3. The molecule has 3 heterocycles. The lowest BCUT2D eigenvalue weighted by molar-refractivity contribution is 0.139. The molecule has 1 aliphatic carbocycles. The van der Waals surface area contributed by atoms with E-state index in [4.69, 9.17) is 4.74 Å². The largest absolute Gasteiger partial charge is 0.496 e. The van der Waals surface area contributed by atoms with Gasteiger partial charge in [0.15, 0.2) is 0 Å². The van der Waals surface area contributed by atoms with Crippen LogP contribution >= 0.6 is 0 Å². The van der Waals surface area contributed by atoms with Crippen molar-refractivity contribution in [3.05, 3.63) is 53.2 Å². The Balaban J connectivity index is 1.30. The monoisotopic (exact) mass is 481 g/mol. The first-order chi connectivity index (χ1) is 17.1. The smallest absolute Gasteiger partial charge is 0.126 e. The molecule has 2 aliphatic heterocycles. The van der Waals surface area contributed by atoms with Crippen molar-refractivity contribution < 1.29 is 13.5 Å². The molecule has 2 fully saturated rings. The van der Waals surface area contributed by atoms with Gasteiger partial charge >= 0.3 is 0 Å². The second-order valence-corrected chi connectivity index (χ2v) is 10.3. The third-order valence-electron chi connectivity index (χ3n) is 7.82. The average molecular weight is 482 g/mol. The van der Waals surface area contributed by atoms with Crippen molar-refractivity contribution in [1.29, 1.82) is 0 Å². The van der Waals surface area contributed by atoms with Crippen molar-refractivity contribution in [2.45, 2.75) is 43.4 Å². The fourth-order valence-corrected chi connectivity index (χ4v) is 5.79. The molecule has 2 aromatic carbocycles. The van der Waals surface area contributed by atoms with Gasteiger partial charge in [-0.25, -0.2) is 4.39 Å². The molecule has 8 heteroatoms. The number of anilines is 1. The van der Waals surface area contributed by atoms with Crippen molar-refractivity contribution in [2.24, 2.45) is 0 Å². The van der Waals surface area contributed by atoms with Crippen LogP contribution in [0.4, 0.5) is 14.5 Å². The number of ether oxygens (including phenoxy) is 1. The van der Waals surface area contributed by atoms with Crippen LogP contribution in [-0.2, 0) is 6.42 Å². The van der Waals surface area contributed by atoms with E-state index in [9.17, 15) is 8.78 Å². The topological polar surface area (TPSA) is 56.4 Å². The molecule has 0 bridgehead atoms. The number of H-pyrrole nitrogens is 1. The highest BCUT2D eigenvalue weighted by atomic mass is 19.1. The van der Waals surface area contributed by atoms with Crippen LogP contribution < -0.4 is 10.1 Å². The molecule has 3 aliphatic rings. The SMILES string of the molecule is COc1cc(NC2CN(CCCF)C2)ccc1C1c2ccc3[nH]ncc3c2CCN1CC1(F)CC1. The van der Waals surface area contributed by atoms with Gasteiger partial charge in [-0.1, -0.05) is 12.1 Å². The van der Waals surface area contributed by atoms with E-state index in [0.29, 0.717) is 31.8 Å². The molecule has 1 atom stereocenters. The molecule has 0 radical (unpaired) electrons. The zero-order chi connectivity index (χ0) is 24.0. The lowest BCUT2D eigenvalue weighted by Gasteiger charge is -2.40. The molecule has 2 N–H and O–H groups in total. The normalized spacial score (nSPS) is 22.1. The Hall–Kier alpha value is -2.71. The summed E-state index contributed by atoms with van der Waals surface area (Å²) in [7, 11) is 1.70. The summed E-state index contributed by atoms with van der Waals surface area (Å²) in [6.45, 7) is 3.65. The maximum atomic E-state index is 15.0. The van der Waals surface area contributed by atoms with Gasteiger partial charge in [0, 0.05) is 55.4 Å². The van der Waals surface area contributed by atoms with E-state index in [0.717, 1.165) is 60.5 Å². The fraction of sp³-hybridized carbons (Fsp3) is 0.519. The number of nitrogens with one attached hydrogen (secondary N) is 2. The summed E-state index contributed by atoms with van der Waals surface area (Å²) in [6.07, 6.45) is 4.67. The molecule has 0 spiro atoms. The van der Waals surface area contributed by atoms with E-state index in [1.54, 1.807) is 7.11 Å². The fourth-order valence-electron chi connectivity index (χ4n) is 5.79. The van der Waals surface area contributed by atoms with Crippen molar-refractivity contribution in [3.8, 4) is 5.75 Å². The van der Waals surface area contributed by atoms with Gasteiger partial charge in [-0.05, 0) is 48.9 Å². The second kappa shape index (κ2) is 9.06. The molecule has 0 amide bonds. The Bertz CT molecular complexity index is 1200. The van der Waals surface area contributed by atoms with Crippen molar-refractivity contribution in [1.82, 2.24) is 20.0 Å². The van der Waals surface area contributed by atoms with E-state index in [-0.39, 0.29) is 12.7 Å². The molecule has 186 valence electrons. The van der Waals surface area contributed by atoms with Gasteiger partial charge in [-0.2, -0.15) is 5.10 Å². The Kier molecular flexibility index (Phi) is 5.89. The summed E-state index contributed by atoms with van der Waals surface area (Å²) in [5.41, 5.74) is 4.53. The first kappa shape index (κ1) is 22.7. The first-order valence-electron chi connectivity index (χ1n) is 12.7. The van der Waals surface area contributed by atoms with E-state index in [1.165, 1.54) is 11.1 Å². The van der Waals surface area contributed by atoms with Gasteiger partial charge in [0.25, 0.3) is 0 Å². The minimum atomic E-state index is -1.07. The third-order valence-corrected chi connectivity index (χ3v) is 7.82. The number of hydrogen-bond acceptors (Lipinski definition) is 5. The van der Waals surface area contributed by atoms with Gasteiger partial charge in [-0.3, -0.25) is 19.3 Å². The zero-order valence-electron chi connectivity index (χ0n) is 20.2. The Labute approximate surface area is 204 Å². The Morgan fingerprint density at radius 1 is 1.20 bits per heavy atom. The van der Waals surface area contributed by atoms with Crippen LogP contribution in [0.5, 0.6) is 5.75 Å². The van der Waals surface area contributed by atoms with Crippen LogP contribution in [0.1, 0.15) is 42.0 Å². The highest BCUT2D eigenvalue weighted by molar-refractivity contribution is 5.83. The summed E-state index contributed by atoms with van der Waals surface area (Å²) < 4.78 is 33.3. The van der Waals surface area contributed by atoms with E-state index < -0.39 is 5.67 Å². The van der Waals surface area contributed by atoms with Crippen LogP contribution in [0.25, 0.3) is 10.9 Å². The molecule has 3 aromatic rings. The Morgan fingerprint density at radius 3 is 2.80 bits per heavy atom. The van der Waals surface area contributed by atoms with Gasteiger partial charge in [-0.15, -0.1) is 0 Å². The molecule has 1 aromatic heterocycles. The summed E-state index contributed by atoms with van der Waals surface area (Å²) in [4.78, 5) is 4.56. The lowest BCUT2D eigenvalue weighted by Crippen LogP contribution is -2.54. The number of benzene rings is 2. The maximum Gasteiger partial charge on any atom is 0.126 e. The number of aromatic amines is 1. The lowest BCUT2D eigenvalue weighted by atomic mass is 9.85. The standard InChI is InChI=1S/C27H33F2N5O/c1-35-25-13-18(31-19-15-33(16-19)11-2-10-28)3-4-22(25)26-21-5-6-24-23(14-30-32-24)20(21)7-12-34(26)17-27(29)8-9-27/h3-6,13-14,19,26,31H,2,7-12,15-17H2,1H3,(H,30,32). The molecule has 1 saturated heterocycles. The number of aromatic nitrogens is 2. The minimum absolute atomic E-state index is 0.0739. The minimum Gasteiger partial charge on any atom is -0.496 e. The third kappa shape index (κ3) is 4.38. The highest BCUT2D eigenvalue weighted by Gasteiger charge is 2.47. The van der Waals surface area contributed by atoms with Gasteiger partial charge < -0.3 is 10.1 Å². The van der Waals surface area contributed by atoms with Crippen molar-refractivity contribution in [3.63, 3.8) is 0 Å².